The van der Waals surface area contributed by atoms with E-state index >= 15 is 0 Å². The third-order valence-electron chi connectivity index (χ3n) is 0.461. The average Bonchev–Trinajstić information content (AvgIpc) is 1.63. The number of hydrogen-bond donors (Lipinski definition) is 1. The molecule has 9 heavy (non-hydrogen) atoms. The molecule has 0 saturated heterocycles. The molecule has 4 heteroatoms. The van der Waals surface area contributed by atoms with E-state index in [1.54, 1.807) is 6.08 Å². The molecule has 0 aliphatic carbocycles. The van der Waals surface area contributed by atoms with Crippen LogP contribution in [0.5, 0.6) is 0 Å². The Balaban J connectivity index is 3.74. The lowest BCUT2D eigenvalue weighted by molar-refractivity contribution is -0.131. The van der Waals surface area contributed by atoms with Gasteiger partial charge in [-0.25, -0.2) is 4.79 Å². The summed E-state index contributed by atoms with van der Waals surface area (Å²) in [5.74, 6) is -0.951. The summed E-state index contributed by atoms with van der Waals surface area (Å²) < 4.78 is 0.715. The van der Waals surface area contributed by atoms with E-state index < -0.39 is 5.97 Å². The maximum atomic E-state index is 9.83. The molecule has 0 rings (SSSR count). The molecule has 50 valence electrons. The minimum atomic E-state index is -0.951. The topological polar surface area (TPSA) is 37.3 Å². The predicted molar refractivity (Wildman–Crippen MR) is 42.7 cm³/mol. The Morgan fingerprint density at radius 3 is 2.33 bits per heavy atom. The first-order chi connectivity index (χ1) is 4.13. The van der Waals surface area contributed by atoms with Gasteiger partial charge in [-0.05, 0) is 37.9 Å². The largest absolute Gasteiger partial charge is 0.478 e. The van der Waals surface area contributed by atoms with Gasteiger partial charge in [0.15, 0.2) is 0 Å². The summed E-state index contributed by atoms with van der Waals surface area (Å²) in [5, 5.41) is 8.08. The summed E-state index contributed by atoms with van der Waals surface area (Å²) in [4.78, 5) is 9.83. The first kappa shape index (κ1) is 8.91. The lowest BCUT2D eigenvalue weighted by Crippen LogP contribution is -1.84. The highest BCUT2D eigenvalue weighted by Gasteiger charge is 1.81. The molecule has 0 aromatic rings. The van der Waals surface area contributed by atoms with E-state index in [1.165, 1.54) is 6.08 Å². The van der Waals surface area contributed by atoms with Crippen LogP contribution in [0.25, 0.3) is 0 Å². The lowest BCUT2D eigenvalue weighted by Gasteiger charge is -1.76. The van der Waals surface area contributed by atoms with Gasteiger partial charge in [0, 0.05) is 6.08 Å². The van der Waals surface area contributed by atoms with E-state index in [-0.39, 0.29) is 0 Å². The number of rotatable bonds is 2. The van der Waals surface area contributed by atoms with Gasteiger partial charge in [0.2, 0.25) is 0 Å². The Morgan fingerprint density at radius 2 is 2.00 bits per heavy atom. The third-order valence-corrected chi connectivity index (χ3v) is 0.990. The van der Waals surface area contributed by atoms with Crippen molar-refractivity contribution in [1.82, 2.24) is 0 Å². The smallest absolute Gasteiger partial charge is 0.328 e. The number of carboxylic acid groups (broad SMARTS) is 1. The van der Waals surface area contributed by atoms with Gasteiger partial charge in [-0.1, -0.05) is 6.08 Å². The van der Waals surface area contributed by atoms with Crippen molar-refractivity contribution in [2.24, 2.45) is 0 Å². The van der Waals surface area contributed by atoms with Gasteiger partial charge in [-0.3, -0.25) is 0 Å². The van der Waals surface area contributed by atoms with Gasteiger partial charge in [-0.2, -0.15) is 0 Å². The van der Waals surface area contributed by atoms with Crippen LogP contribution in [0, 0.1) is 0 Å². The molecule has 0 spiro atoms. The summed E-state index contributed by atoms with van der Waals surface area (Å²) in [6.07, 6.45) is 4.04. The van der Waals surface area contributed by atoms with Gasteiger partial charge in [0.25, 0.3) is 0 Å². The average molecular weight is 256 g/mol. The second-order valence-corrected chi connectivity index (χ2v) is 3.93. The molecule has 0 heterocycles. The van der Waals surface area contributed by atoms with Crippen LogP contribution >= 0.6 is 31.9 Å². The molecule has 0 unspecified atom stereocenters. The number of carbonyl (C=O) groups is 1. The molecule has 0 fully saturated rings. The van der Waals surface area contributed by atoms with Crippen molar-refractivity contribution in [2.75, 3.05) is 0 Å². The quantitative estimate of drug-likeness (QED) is 0.607. The van der Waals surface area contributed by atoms with Gasteiger partial charge in [0.1, 0.15) is 0 Å². The van der Waals surface area contributed by atoms with Crippen molar-refractivity contribution in [2.45, 2.75) is 0 Å². The first-order valence-electron chi connectivity index (χ1n) is 2.05. The van der Waals surface area contributed by atoms with Gasteiger partial charge >= 0.3 is 5.97 Å². The molecule has 0 radical (unpaired) electrons. The normalized spacial score (nSPS) is 9.56. The molecule has 0 saturated carbocycles. The standard InChI is InChI=1S/C5H4Br2O2/c6-4(7)2-1-3-5(8)9/h1-3H,(H,8,9)/b3-1+. The molecule has 0 bridgehead atoms. The van der Waals surface area contributed by atoms with Crippen LogP contribution in [-0.2, 0) is 4.79 Å². The SMILES string of the molecule is O=C(O)/C=C/C=C(Br)Br. The zero-order valence-corrected chi connectivity index (χ0v) is 7.52. The Kier molecular flexibility index (Phi) is 4.71. The Hall–Kier alpha value is -0.0900. The summed E-state index contributed by atoms with van der Waals surface area (Å²) in [6, 6.07) is 0. The van der Waals surface area contributed by atoms with E-state index in [0.29, 0.717) is 3.39 Å². The van der Waals surface area contributed by atoms with E-state index in [9.17, 15) is 4.79 Å². The van der Waals surface area contributed by atoms with Crippen molar-refractivity contribution in [3.63, 3.8) is 0 Å². The zero-order valence-electron chi connectivity index (χ0n) is 4.34. The number of allylic oxidation sites excluding steroid dienone is 2. The highest BCUT2D eigenvalue weighted by Crippen LogP contribution is 2.11. The number of halogens is 2. The van der Waals surface area contributed by atoms with E-state index in [4.69, 9.17) is 5.11 Å². The molecule has 0 aromatic carbocycles. The maximum Gasteiger partial charge on any atom is 0.328 e. The van der Waals surface area contributed by atoms with Crippen molar-refractivity contribution < 1.29 is 9.90 Å². The highest BCUT2D eigenvalue weighted by atomic mass is 79.9. The molecule has 0 aromatic heterocycles. The van der Waals surface area contributed by atoms with Crippen LogP contribution < -0.4 is 0 Å². The maximum absolute atomic E-state index is 9.83. The van der Waals surface area contributed by atoms with E-state index in [2.05, 4.69) is 31.9 Å². The first-order valence-corrected chi connectivity index (χ1v) is 3.64. The van der Waals surface area contributed by atoms with Crippen LogP contribution in [0.1, 0.15) is 0 Å². The minimum Gasteiger partial charge on any atom is -0.478 e. The molecule has 0 aliphatic heterocycles. The van der Waals surface area contributed by atoms with E-state index in [1.807, 2.05) is 0 Å². The van der Waals surface area contributed by atoms with Crippen LogP contribution in [0.4, 0.5) is 0 Å². The monoisotopic (exact) mass is 254 g/mol. The summed E-state index contributed by atoms with van der Waals surface area (Å²) in [7, 11) is 0. The van der Waals surface area contributed by atoms with Crippen LogP contribution in [-0.4, -0.2) is 11.1 Å². The van der Waals surface area contributed by atoms with Crippen molar-refractivity contribution >= 4 is 37.8 Å². The van der Waals surface area contributed by atoms with Gasteiger partial charge in [0.05, 0.1) is 3.39 Å². The fraction of sp³-hybridized carbons (Fsp3) is 0. The van der Waals surface area contributed by atoms with Gasteiger partial charge in [-0.15, -0.1) is 0 Å². The molecular formula is C5H4Br2O2. The molecular weight excluding hydrogens is 252 g/mol. The van der Waals surface area contributed by atoms with Gasteiger partial charge < -0.3 is 5.11 Å². The number of aliphatic carboxylic acids is 1. The lowest BCUT2D eigenvalue weighted by atomic mass is 10.5. The van der Waals surface area contributed by atoms with Crippen LogP contribution in [0.2, 0.25) is 0 Å². The molecule has 0 atom stereocenters. The van der Waals surface area contributed by atoms with Crippen molar-refractivity contribution in [1.29, 1.82) is 0 Å². The minimum absolute atomic E-state index is 0.715. The fourth-order valence-electron chi connectivity index (χ4n) is 0.203. The van der Waals surface area contributed by atoms with Crippen LogP contribution in [0.15, 0.2) is 21.6 Å². The Bertz CT molecular complexity index is 156. The van der Waals surface area contributed by atoms with Crippen molar-refractivity contribution in [3.8, 4) is 0 Å². The third kappa shape index (κ3) is 7.91. The number of carboxylic acids is 1. The predicted octanol–water partition coefficient (Wildman–Crippen LogP) is 2.26. The Morgan fingerprint density at radius 1 is 1.44 bits per heavy atom. The highest BCUT2D eigenvalue weighted by molar-refractivity contribution is 9.28. The zero-order chi connectivity index (χ0) is 7.28. The second-order valence-electron chi connectivity index (χ2n) is 1.15. The molecule has 0 aliphatic rings. The van der Waals surface area contributed by atoms with Crippen molar-refractivity contribution in [3.05, 3.63) is 21.6 Å². The van der Waals surface area contributed by atoms with Crippen LogP contribution in [0.3, 0.4) is 0 Å². The molecule has 2 nitrogen and oxygen atoms in total. The summed E-state index contributed by atoms with van der Waals surface area (Å²) in [6.45, 7) is 0. The summed E-state index contributed by atoms with van der Waals surface area (Å²) >= 11 is 6.12. The number of hydrogen-bond acceptors (Lipinski definition) is 1. The Labute approximate surface area is 69.5 Å². The second kappa shape index (κ2) is 4.76. The molecule has 1 N–H and O–H groups in total. The molecule has 0 amide bonds. The van der Waals surface area contributed by atoms with E-state index in [0.717, 1.165) is 6.08 Å². The summed E-state index contributed by atoms with van der Waals surface area (Å²) in [5.41, 5.74) is 0. The fourth-order valence-corrected chi connectivity index (χ4v) is 0.508.